The van der Waals surface area contributed by atoms with Gasteiger partial charge in [-0.05, 0) is 54.8 Å². The summed E-state index contributed by atoms with van der Waals surface area (Å²) in [6.07, 6.45) is 5.59. The van der Waals surface area contributed by atoms with E-state index in [0.717, 1.165) is 18.4 Å². The van der Waals surface area contributed by atoms with Crippen molar-refractivity contribution in [3.05, 3.63) is 54.1 Å². The number of anilines is 1. The summed E-state index contributed by atoms with van der Waals surface area (Å²) in [5.74, 6) is 0. The van der Waals surface area contributed by atoms with Gasteiger partial charge in [0.2, 0.25) is 10.0 Å². The van der Waals surface area contributed by atoms with Crippen LogP contribution in [0.1, 0.15) is 38.2 Å². The number of nitrogens with two attached hydrogens (primary N) is 1. The van der Waals surface area contributed by atoms with E-state index in [4.69, 9.17) is 5.14 Å². The molecule has 2 aromatic rings. The van der Waals surface area contributed by atoms with Gasteiger partial charge in [-0.15, -0.1) is 0 Å². The molecule has 0 aliphatic rings. The number of nitrogens with one attached hydrogen (secondary N) is 1. The standard InChI is InChI=1S/C18H24N2O4S2/c1-2-3-4-5-6-15-7-11-18(12-8-15)26(23,24)20-16-9-13-17(14-10-16)25(19,21)22/h7-14,20H,2-6H2,1H3,(H2,19,21,22). The number of hydrogen-bond acceptors (Lipinski definition) is 4. The van der Waals surface area contributed by atoms with E-state index >= 15 is 0 Å². The van der Waals surface area contributed by atoms with Crippen LogP contribution < -0.4 is 9.86 Å². The fourth-order valence-electron chi connectivity index (χ4n) is 2.52. The SMILES string of the molecule is CCCCCCc1ccc(S(=O)(=O)Nc2ccc(S(N)(=O)=O)cc2)cc1. The van der Waals surface area contributed by atoms with Crippen molar-refractivity contribution < 1.29 is 16.8 Å². The third-order valence-electron chi connectivity index (χ3n) is 3.99. The summed E-state index contributed by atoms with van der Waals surface area (Å²) in [6.45, 7) is 2.16. The smallest absolute Gasteiger partial charge is 0.261 e. The molecule has 0 saturated carbocycles. The van der Waals surface area contributed by atoms with E-state index in [-0.39, 0.29) is 15.5 Å². The lowest BCUT2D eigenvalue weighted by Gasteiger charge is -2.09. The number of aryl methyl sites for hydroxylation is 1. The number of unbranched alkanes of at least 4 members (excludes halogenated alkanes) is 3. The monoisotopic (exact) mass is 396 g/mol. The van der Waals surface area contributed by atoms with Crippen LogP contribution in [-0.2, 0) is 26.5 Å². The summed E-state index contributed by atoms with van der Waals surface area (Å²) < 4.78 is 49.8. The molecule has 0 bridgehead atoms. The maximum atomic E-state index is 12.4. The Hall–Kier alpha value is -1.90. The highest BCUT2D eigenvalue weighted by Crippen LogP contribution is 2.19. The van der Waals surface area contributed by atoms with Crippen molar-refractivity contribution in [1.82, 2.24) is 0 Å². The molecule has 8 heteroatoms. The Morgan fingerprint density at radius 2 is 1.38 bits per heavy atom. The van der Waals surface area contributed by atoms with Crippen molar-refractivity contribution in [2.24, 2.45) is 5.14 Å². The Morgan fingerprint density at radius 3 is 1.92 bits per heavy atom. The Labute approximate surface area is 155 Å². The van der Waals surface area contributed by atoms with Gasteiger partial charge in [0.15, 0.2) is 0 Å². The summed E-state index contributed by atoms with van der Waals surface area (Å²) in [7, 11) is -7.55. The number of rotatable bonds is 9. The molecule has 2 aromatic carbocycles. The van der Waals surface area contributed by atoms with Crippen LogP contribution in [0.2, 0.25) is 0 Å². The van der Waals surface area contributed by atoms with E-state index in [9.17, 15) is 16.8 Å². The highest BCUT2D eigenvalue weighted by Gasteiger charge is 2.15. The van der Waals surface area contributed by atoms with Crippen molar-refractivity contribution in [2.75, 3.05) is 4.72 Å². The fraction of sp³-hybridized carbons (Fsp3) is 0.333. The second kappa shape index (κ2) is 8.66. The van der Waals surface area contributed by atoms with Gasteiger partial charge < -0.3 is 0 Å². The Morgan fingerprint density at radius 1 is 0.808 bits per heavy atom. The quantitative estimate of drug-likeness (QED) is 0.634. The Kier molecular flexibility index (Phi) is 6.80. The predicted molar refractivity (Wildman–Crippen MR) is 103 cm³/mol. The minimum Gasteiger partial charge on any atom is -0.280 e. The molecule has 0 heterocycles. The van der Waals surface area contributed by atoms with Crippen LogP contribution in [0.5, 0.6) is 0 Å². The fourth-order valence-corrected chi connectivity index (χ4v) is 4.09. The average molecular weight is 397 g/mol. The largest absolute Gasteiger partial charge is 0.280 e. The first kappa shape index (κ1) is 20.4. The highest BCUT2D eigenvalue weighted by atomic mass is 32.2. The molecular formula is C18H24N2O4S2. The number of sulfonamides is 2. The minimum absolute atomic E-state index is 0.0760. The van der Waals surface area contributed by atoms with Crippen LogP contribution in [0.15, 0.2) is 58.3 Å². The van der Waals surface area contributed by atoms with E-state index < -0.39 is 20.0 Å². The number of benzene rings is 2. The second-order valence-electron chi connectivity index (χ2n) is 6.13. The maximum Gasteiger partial charge on any atom is 0.261 e. The molecule has 0 fully saturated rings. The van der Waals surface area contributed by atoms with Crippen molar-refractivity contribution in [3.63, 3.8) is 0 Å². The molecule has 2 rings (SSSR count). The van der Waals surface area contributed by atoms with Crippen LogP contribution >= 0.6 is 0 Å². The summed E-state index contributed by atoms with van der Waals surface area (Å²) in [5.41, 5.74) is 1.37. The molecular weight excluding hydrogens is 372 g/mol. The zero-order chi connectivity index (χ0) is 19.2. The van der Waals surface area contributed by atoms with Gasteiger partial charge in [-0.3, -0.25) is 4.72 Å². The van der Waals surface area contributed by atoms with Crippen molar-refractivity contribution in [1.29, 1.82) is 0 Å². The molecule has 0 atom stereocenters. The van der Waals surface area contributed by atoms with Crippen LogP contribution in [-0.4, -0.2) is 16.8 Å². The van der Waals surface area contributed by atoms with Crippen molar-refractivity contribution in [3.8, 4) is 0 Å². The first-order valence-electron chi connectivity index (χ1n) is 8.47. The first-order valence-corrected chi connectivity index (χ1v) is 11.5. The minimum atomic E-state index is -3.81. The lowest BCUT2D eigenvalue weighted by Crippen LogP contribution is -2.14. The predicted octanol–water partition coefficient (Wildman–Crippen LogP) is 3.26. The van der Waals surface area contributed by atoms with Crippen LogP contribution in [0.4, 0.5) is 5.69 Å². The molecule has 0 unspecified atom stereocenters. The molecule has 0 amide bonds. The van der Waals surface area contributed by atoms with Gasteiger partial charge in [-0.2, -0.15) is 0 Å². The first-order chi connectivity index (χ1) is 12.2. The third kappa shape index (κ3) is 5.82. The number of primary sulfonamides is 1. The van der Waals surface area contributed by atoms with Gasteiger partial charge in [0.05, 0.1) is 9.79 Å². The van der Waals surface area contributed by atoms with E-state index in [1.165, 1.54) is 43.5 Å². The van der Waals surface area contributed by atoms with E-state index in [2.05, 4.69) is 11.6 Å². The topological polar surface area (TPSA) is 106 Å². The molecule has 6 nitrogen and oxygen atoms in total. The molecule has 26 heavy (non-hydrogen) atoms. The van der Waals surface area contributed by atoms with Crippen LogP contribution in [0, 0.1) is 0 Å². The summed E-state index contributed by atoms with van der Waals surface area (Å²) >= 11 is 0. The highest BCUT2D eigenvalue weighted by molar-refractivity contribution is 7.92. The Bertz CT molecular complexity index is 920. The van der Waals surface area contributed by atoms with Crippen molar-refractivity contribution >= 4 is 25.7 Å². The molecule has 0 saturated heterocycles. The lowest BCUT2D eigenvalue weighted by molar-refractivity contribution is 0.597. The summed E-state index contributed by atoms with van der Waals surface area (Å²) in [6, 6.07) is 12.0. The molecule has 0 spiro atoms. The summed E-state index contributed by atoms with van der Waals surface area (Å²) in [4.78, 5) is 0.0817. The molecule has 3 N–H and O–H groups in total. The van der Waals surface area contributed by atoms with Gasteiger partial charge in [0.25, 0.3) is 10.0 Å². The van der Waals surface area contributed by atoms with Gasteiger partial charge in [0, 0.05) is 5.69 Å². The van der Waals surface area contributed by atoms with E-state index in [1.807, 2.05) is 12.1 Å². The van der Waals surface area contributed by atoms with Gasteiger partial charge >= 0.3 is 0 Å². The van der Waals surface area contributed by atoms with E-state index in [0.29, 0.717) is 0 Å². The van der Waals surface area contributed by atoms with Crippen LogP contribution in [0.25, 0.3) is 0 Å². The van der Waals surface area contributed by atoms with E-state index in [1.54, 1.807) is 12.1 Å². The second-order valence-corrected chi connectivity index (χ2v) is 9.37. The molecule has 0 aliphatic heterocycles. The molecule has 0 radical (unpaired) electrons. The van der Waals surface area contributed by atoms with Gasteiger partial charge in [-0.1, -0.05) is 38.3 Å². The lowest BCUT2D eigenvalue weighted by atomic mass is 10.1. The molecule has 0 aromatic heterocycles. The Balaban J connectivity index is 2.05. The molecule has 0 aliphatic carbocycles. The number of hydrogen-bond donors (Lipinski definition) is 2. The molecule has 142 valence electrons. The van der Waals surface area contributed by atoms with Crippen molar-refractivity contribution in [2.45, 2.75) is 48.8 Å². The summed E-state index contributed by atoms with van der Waals surface area (Å²) in [5, 5.41) is 5.02. The average Bonchev–Trinajstić information content (AvgIpc) is 2.58. The normalized spacial score (nSPS) is 12.1. The zero-order valence-corrected chi connectivity index (χ0v) is 16.3. The van der Waals surface area contributed by atoms with Gasteiger partial charge in [0.1, 0.15) is 0 Å². The zero-order valence-electron chi connectivity index (χ0n) is 14.7. The van der Waals surface area contributed by atoms with Crippen LogP contribution in [0.3, 0.4) is 0 Å². The third-order valence-corrected chi connectivity index (χ3v) is 6.31. The van der Waals surface area contributed by atoms with Gasteiger partial charge in [-0.25, -0.2) is 22.0 Å². The maximum absolute atomic E-state index is 12.4.